The predicted octanol–water partition coefficient (Wildman–Crippen LogP) is 0.830. The fourth-order valence-corrected chi connectivity index (χ4v) is 4.26. The number of rotatable bonds is 6. The number of methoxy groups -OCH3 is 1. The number of sulfonamides is 1. The number of hydroxylamine groups is 1. The van der Waals surface area contributed by atoms with Gasteiger partial charge in [-0.15, -0.1) is 0 Å². The van der Waals surface area contributed by atoms with E-state index in [0.717, 1.165) is 4.31 Å². The van der Waals surface area contributed by atoms with Crippen LogP contribution in [0.15, 0.2) is 53.4 Å². The van der Waals surface area contributed by atoms with Gasteiger partial charge in [0.05, 0.1) is 25.1 Å². The van der Waals surface area contributed by atoms with Crippen molar-refractivity contribution in [2.75, 3.05) is 13.8 Å². The Balaban J connectivity index is 1.79. The van der Waals surface area contributed by atoms with Crippen molar-refractivity contribution in [3.8, 4) is 17.2 Å². The second-order valence-electron chi connectivity index (χ2n) is 6.10. The minimum absolute atomic E-state index is 0.0912. The first-order valence-electron chi connectivity index (χ1n) is 8.49. The Kier molecular flexibility index (Phi) is 6.01. The van der Waals surface area contributed by atoms with Crippen LogP contribution in [0.5, 0.6) is 17.2 Å². The molecule has 0 aliphatic carbocycles. The largest absolute Gasteiger partial charge is 0.497 e. The molecule has 1 heterocycles. The zero-order valence-corrected chi connectivity index (χ0v) is 16.2. The van der Waals surface area contributed by atoms with Crippen LogP contribution in [0.4, 0.5) is 0 Å². The molecule has 1 fully saturated rings. The van der Waals surface area contributed by atoms with Gasteiger partial charge in [-0.2, -0.15) is 4.31 Å². The number of hydrogen-bond acceptors (Lipinski definition) is 7. The molecular formula is C18H19N3O7S. The highest BCUT2D eigenvalue weighted by Crippen LogP contribution is 2.27. The standard InChI is InChI=1S/C18H19N3O7S/c1-27-12-2-4-13(5-3-12)28-14-6-8-15(9-7-14)29(25,26)21-11-19-17(22)10-16(21)18(23)20-24/h2-9,16,24H,10-11H2,1H3,(H,19,22)(H,20,23)/t16-/m1/s1. The minimum atomic E-state index is -4.11. The maximum atomic E-state index is 12.9. The zero-order chi connectivity index (χ0) is 21.0. The molecule has 1 aliphatic heterocycles. The number of carbonyl (C=O) groups is 2. The molecule has 2 amide bonds. The first-order chi connectivity index (χ1) is 13.8. The normalized spacial score (nSPS) is 17.3. The second kappa shape index (κ2) is 8.47. The average molecular weight is 421 g/mol. The molecule has 0 unspecified atom stereocenters. The summed E-state index contributed by atoms with van der Waals surface area (Å²) < 4.78 is 37.4. The molecule has 0 aromatic heterocycles. The van der Waals surface area contributed by atoms with Crippen LogP contribution in [0.1, 0.15) is 6.42 Å². The molecule has 1 aliphatic rings. The lowest BCUT2D eigenvalue weighted by Crippen LogP contribution is -2.58. The lowest BCUT2D eigenvalue weighted by atomic mass is 10.1. The van der Waals surface area contributed by atoms with E-state index in [0.29, 0.717) is 17.2 Å². The van der Waals surface area contributed by atoms with Crippen LogP contribution in [0, 0.1) is 0 Å². The van der Waals surface area contributed by atoms with E-state index in [9.17, 15) is 18.0 Å². The number of nitrogens with zero attached hydrogens (tertiary/aromatic N) is 1. The summed E-state index contributed by atoms with van der Waals surface area (Å²) in [5.74, 6) is 0.149. The first kappa shape index (κ1) is 20.6. The summed E-state index contributed by atoms with van der Waals surface area (Å²) in [6, 6.07) is 11.1. The summed E-state index contributed by atoms with van der Waals surface area (Å²) in [5.41, 5.74) is 1.40. The Morgan fingerprint density at radius 1 is 1.10 bits per heavy atom. The van der Waals surface area contributed by atoms with Gasteiger partial charge in [0.15, 0.2) is 0 Å². The molecule has 10 nitrogen and oxygen atoms in total. The van der Waals surface area contributed by atoms with Gasteiger partial charge >= 0.3 is 0 Å². The summed E-state index contributed by atoms with van der Waals surface area (Å²) in [7, 11) is -2.56. The molecule has 0 bridgehead atoms. The number of hydrogen-bond donors (Lipinski definition) is 3. The number of benzene rings is 2. The van der Waals surface area contributed by atoms with E-state index in [4.69, 9.17) is 14.7 Å². The monoisotopic (exact) mass is 421 g/mol. The molecule has 0 saturated carbocycles. The van der Waals surface area contributed by atoms with Gasteiger partial charge in [0.2, 0.25) is 15.9 Å². The number of nitrogens with one attached hydrogen (secondary N) is 2. The van der Waals surface area contributed by atoms with E-state index in [1.807, 2.05) is 0 Å². The third kappa shape index (κ3) is 4.47. The highest BCUT2D eigenvalue weighted by Gasteiger charge is 2.40. The SMILES string of the molecule is COc1ccc(Oc2ccc(S(=O)(=O)N3CNC(=O)C[C@@H]3C(=O)NO)cc2)cc1. The maximum Gasteiger partial charge on any atom is 0.262 e. The summed E-state index contributed by atoms with van der Waals surface area (Å²) in [6.45, 7) is -0.386. The van der Waals surface area contributed by atoms with Crippen molar-refractivity contribution in [1.29, 1.82) is 0 Å². The van der Waals surface area contributed by atoms with Gasteiger partial charge in [-0.25, -0.2) is 13.9 Å². The van der Waals surface area contributed by atoms with Gasteiger partial charge < -0.3 is 14.8 Å². The van der Waals surface area contributed by atoms with E-state index in [1.54, 1.807) is 31.4 Å². The lowest BCUT2D eigenvalue weighted by Gasteiger charge is -2.32. The zero-order valence-electron chi connectivity index (χ0n) is 15.4. The minimum Gasteiger partial charge on any atom is -0.497 e. The van der Waals surface area contributed by atoms with Crippen molar-refractivity contribution in [3.63, 3.8) is 0 Å². The van der Waals surface area contributed by atoms with Gasteiger partial charge in [0.1, 0.15) is 23.3 Å². The second-order valence-corrected chi connectivity index (χ2v) is 7.99. The molecule has 1 atom stereocenters. The summed E-state index contributed by atoms with van der Waals surface area (Å²) in [6.07, 6.45) is -0.399. The molecule has 3 N–H and O–H groups in total. The van der Waals surface area contributed by atoms with E-state index >= 15 is 0 Å². The van der Waals surface area contributed by atoms with Crippen LogP contribution in [0.3, 0.4) is 0 Å². The van der Waals surface area contributed by atoms with Gasteiger partial charge in [0, 0.05) is 0 Å². The predicted molar refractivity (Wildman–Crippen MR) is 99.9 cm³/mol. The van der Waals surface area contributed by atoms with Crippen LogP contribution in [-0.2, 0) is 19.6 Å². The van der Waals surface area contributed by atoms with Crippen molar-refractivity contribution < 1.29 is 32.7 Å². The van der Waals surface area contributed by atoms with Crippen molar-refractivity contribution in [2.45, 2.75) is 17.4 Å². The molecule has 11 heteroatoms. The number of carbonyl (C=O) groups excluding carboxylic acids is 2. The van der Waals surface area contributed by atoms with E-state index in [-0.39, 0.29) is 11.6 Å². The summed E-state index contributed by atoms with van der Waals surface area (Å²) in [4.78, 5) is 23.3. The molecule has 0 radical (unpaired) electrons. The Hall–Kier alpha value is -3.15. The summed E-state index contributed by atoms with van der Waals surface area (Å²) in [5, 5.41) is 11.2. The molecule has 2 aromatic rings. The van der Waals surface area contributed by atoms with E-state index in [1.165, 1.54) is 29.7 Å². The van der Waals surface area contributed by atoms with Gasteiger partial charge in [0.25, 0.3) is 5.91 Å². The van der Waals surface area contributed by atoms with Crippen molar-refractivity contribution in [1.82, 2.24) is 15.1 Å². The van der Waals surface area contributed by atoms with Crippen LogP contribution >= 0.6 is 0 Å². The summed E-state index contributed by atoms with van der Waals surface area (Å²) >= 11 is 0. The average Bonchev–Trinajstić information content (AvgIpc) is 2.74. The van der Waals surface area contributed by atoms with Crippen LogP contribution in [-0.4, -0.2) is 49.6 Å². The lowest BCUT2D eigenvalue weighted by molar-refractivity contribution is -0.138. The smallest absolute Gasteiger partial charge is 0.262 e. The molecule has 154 valence electrons. The highest BCUT2D eigenvalue weighted by atomic mass is 32.2. The van der Waals surface area contributed by atoms with Crippen LogP contribution in [0.2, 0.25) is 0 Å². The Morgan fingerprint density at radius 3 is 2.21 bits per heavy atom. The Bertz CT molecular complexity index is 991. The molecule has 0 spiro atoms. The highest BCUT2D eigenvalue weighted by molar-refractivity contribution is 7.89. The van der Waals surface area contributed by atoms with Crippen molar-refractivity contribution in [3.05, 3.63) is 48.5 Å². The topological polar surface area (TPSA) is 134 Å². The number of amides is 2. The maximum absolute atomic E-state index is 12.9. The molecule has 1 saturated heterocycles. The van der Waals surface area contributed by atoms with Gasteiger partial charge in [-0.3, -0.25) is 14.8 Å². The number of ether oxygens (including phenoxy) is 2. The first-order valence-corrected chi connectivity index (χ1v) is 9.93. The fraction of sp³-hybridized carbons (Fsp3) is 0.222. The molecule has 2 aromatic carbocycles. The Labute approximate surface area is 167 Å². The van der Waals surface area contributed by atoms with Gasteiger partial charge in [-0.1, -0.05) is 0 Å². The van der Waals surface area contributed by atoms with E-state index in [2.05, 4.69) is 5.32 Å². The van der Waals surface area contributed by atoms with E-state index < -0.39 is 34.3 Å². The van der Waals surface area contributed by atoms with Crippen LogP contribution < -0.4 is 20.3 Å². The van der Waals surface area contributed by atoms with Crippen LogP contribution in [0.25, 0.3) is 0 Å². The quantitative estimate of drug-likeness (QED) is 0.464. The third-order valence-electron chi connectivity index (χ3n) is 4.30. The molecular weight excluding hydrogens is 402 g/mol. The van der Waals surface area contributed by atoms with Crippen molar-refractivity contribution >= 4 is 21.8 Å². The third-order valence-corrected chi connectivity index (χ3v) is 6.17. The Morgan fingerprint density at radius 2 is 1.66 bits per heavy atom. The van der Waals surface area contributed by atoms with Crippen molar-refractivity contribution in [2.24, 2.45) is 0 Å². The molecule has 29 heavy (non-hydrogen) atoms. The fourth-order valence-electron chi connectivity index (χ4n) is 2.77. The molecule has 3 rings (SSSR count). The van der Waals surface area contributed by atoms with Gasteiger partial charge in [-0.05, 0) is 48.5 Å².